The van der Waals surface area contributed by atoms with Crippen LogP contribution >= 0.6 is 0 Å². The van der Waals surface area contributed by atoms with Crippen LogP contribution in [0.4, 0.5) is 17.1 Å². The molecule has 0 saturated heterocycles. The summed E-state index contributed by atoms with van der Waals surface area (Å²) in [7, 11) is -1.48. The average Bonchev–Trinajstić information content (AvgIpc) is 2.86. The van der Waals surface area contributed by atoms with Gasteiger partial charge in [-0.05, 0) is 70.9 Å². The minimum absolute atomic E-state index is 0.238. The molecule has 2 heterocycles. The molecule has 0 amide bonds. The van der Waals surface area contributed by atoms with Gasteiger partial charge in [0.1, 0.15) is 0 Å². The van der Waals surface area contributed by atoms with Crippen LogP contribution in [-0.4, -0.2) is 14.8 Å². The first kappa shape index (κ1) is 21.7. The zero-order chi connectivity index (χ0) is 24.8. The molecule has 0 aliphatic carbocycles. The number of nitrogens with zero attached hydrogens (tertiary/aromatic N) is 1. The number of hydrogen-bond acceptors (Lipinski definition) is 1. The predicted octanol–water partition coefficient (Wildman–Crippen LogP) is 6.28. The molecule has 5 aromatic rings. The van der Waals surface area contributed by atoms with Gasteiger partial charge in [0.2, 0.25) is 6.71 Å². The summed E-state index contributed by atoms with van der Waals surface area (Å²) in [6.45, 7) is 12.0. The van der Waals surface area contributed by atoms with Gasteiger partial charge in [0, 0.05) is 17.1 Å². The Morgan fingerprint density at radius 1 is 0.639 bits per heavy atom. The first-order valence-corrected chi connectivity index (χ1v) is 16.5. The van der Waals surface area contributed by atoms with Crippen LogP contribution in [0.1, 0.15) is 11.1 Å². The van der Waals surface area contributed by atoms with Crippen LogP contribution in [0, 0.1) is 13.8 Å². The Labute approximate surface area is 215 Å². The maximum absolute atomic E-state index is 2.52. The highest BCUT2D eigenvalue weighted by molar-refractivity contribution is 7.01. The van der Waals surface area contributed by atoms with Crippen molar-refractivity contribution in [2.75, 3.05) is 4.90 Å². The maximum atomic E-state index is 2.52. The highest BCUT2D eigenvalue weighted by Gasteiger charge is 2.41. The van der Waals surface area contributed by atoms with E-state index in [1.54, 1.807) is 0 Å². The summed E-state index contributed by atoms with van der Waals surface area (Å²) in [4.78, 5) is 2.48. The van der Waals surface area contributed by atoms with E-state index in [0.29, 0.717) is 0 Å². The van der Waals surface area contributed by atoms with Crippen LogP contribution in [0.3, 0.4) is 0 Å². The van der Waals surface area contributed by atoms with Crippen LogP contribution in [0.15, 0.2) is 91.0 Å². The van der Waals surface area contributed by atoms with E-state index < -0.39 is 8.07 Å². The minimum atomic E-state index is -1.48. The number of aryl methyl sites for hydroxylation is 2. The van der Waals surface area contributed by atoms with E-state index in [1.165, 1.54) is 71.7 Å². The van der Waals surface area contributed by atoms with E-state index in [0.717, 1.165) is 0 Å². The molecule has 0 bridgehead atoms. The van der Waals surface area contributed by atoms with E-state index in [4.69, 9.17) is 0 Å². The van der Waals surface area contributed by atoms with Crippen LogP contribution in [0.5, 0.6) is 0 Å². The Kier molecular flexibility index (Phi) is 4.51. The van der Waals surface area contributed by atoms with Crippen LogP contribution in [0.25, 0.3) is 21.9 Å². The van der Waals surface area contributed by atoms with Crippen molar-refractivity contribution < 1.29 is 0 Å². The SMILES string of the molecule is Cc1ccc(N2c3ccc(C)cc3B3c4c(cccc42)-c2cc([Si](C)(C)C)cc4cccc3c24)cc1. The monoisotopic (exact) mass is 479 g/mol. The minimum Gasteiger partial charge on any atom is -0.312 e. The lowest BCUT2D eigenvalue weighted by atomic mass is 9.32. The molecule has 0 fully saturated rings. The topological polar surface area (TPSA) is 3.24 Å². The summed E-state index contributed by atoms with van der Waals surface area (Å²) in [6.07, 6.45) is 0. The van der Waals surface area contributed by atoms with Gasteiger partial charge in [-0.2, -0.15) is 0 Å². The molecule has 7 rings (SSSR count). The quantitative estimate of drug-likeness (QED) is 0.264. The molecule has 174 valence electrons. The standard InChI is InChI=1S/C33H30BNSi/c1-21-12-15-24(16-13-21)35-30-17-14-22(2)18-29(30)34-28-10-6-8-23-19-25(36(3,4)5)20-27(32(23)28)26-9-7-11-31(35)33(26)34/h6-20H,1-5H3. The van der Waals surface area contributed by atoms with Gasteiger partial charge in [0.05, 0.1) is 8.07 Å². The van der Waals surface area contributed by atoms with Gasteiger partial charge in [0.15, 0.2) is 0 Å². The molecule has 5 aromatic carbocycles. The van der Waals surface area contributed by atoms with Gasteiger partial charge in [-0.1, -0.05) is 108 Å². The van der Waals surface area contributed by atoms with Crippen molar-refractivity contribution in [2.45, 2.75) is 33.5 Å². The van der Waals surface area contributed by atoms with Crippen molar-refractivity contribution in [3.63, 3.8) is 0 Å². The Balaban J connectivity index is 1.62. The lowest BCUT2D eigenvalue weighted by Gasteiger charge is -2.40. The van der Waals surface area contributed by atoms with E-state index in [1.807, 2.05) is 0 Å². The van der Waals surface area contributed by atoms with Crippen molar-refractivity contribution in [3.8, 4) is 11.1 Å². The molecule has 0 radical (unpaired) electrons. The summed E-state index contributed by atoms with van der Waals surface area (Å²) in [5.41, 5.74) is 13.5. The van der Waals surface area contributed by atoms with E-state index >= 15 is 0 Å². The Bertz CT molecular complexity index is 1690. The van der Waals surface area contributed by atoms with Crippen molar-refractivity contribution in [2.24, 2.45) is 0 Å². The van der Waals surface area contributed by atoms with Crippen LogP contribution in [0.2, 0.25) is 19.6 Å². The fourth-order valence-corrected chi connectivity index (χ4v) is 7.48. The van der Waals surface area contributed by atoms with Gasteiger partial charge >= 0.3 is 0 Å². The van der Waals surface area contributed by atoms with Crippen LogP contribution < -0.4 is 26.5 Å². The normalized spacial score (nSPS) is 13.6. The number of fused-ring (bicyclic) bond motifs is 4. The largest absolute Gasteiger partial charge is 0.312 e. The van der Waals surface area contributed by atoms with Crippen molar-refractivity contribution in [1.82, 2.24) is 0 Å². The molecule has 36 heavy (non-hydrogen) atoms. The molecule has 3 heteroatoms. The highest BCUT2D eigenvalue weighted by atomic mass is 28.3. The maximum Gasteiger partial charge on any atom is 0.248 e. The highest BCUT2D eigenvalue weighted by Crippen LogP contribution is 2.41. The van der Waals surface area contributed by atoms with Gasteiger partial charge in [0.25, 0.3) is 0 Å². The number of anilines is 3. The first-order valence-electron chi connectivity index (χ1n) is 13.0. The van der Waals surface area contributed by atoms with E-state index in [-0.39, 0.29) is 6.71 Å². The Hall–Kier alpha value is -3.56. The van der Waals surface area contributed by atoms with Crippen LogP contribution in [-0.2, 0) is 0 Å². The fraction of sp³-hybridized carbons (Fsp3) is 0.152. The molecule has 0 unspecified atom stereocenters. The number of rotatable bonds is 2. The number of hydrogen-bond donors (Lipinski definition) is 0. The molecule has 0 N–H and O–H groups in total. The first-order chi connectivity index (χ1) is 17.3. The van der Waals surface area contributed by atoms with Crippen molar-refractivity contribution in [3.05, 3.63) is 102 Å². The third-order valence-corrected chi connectivity index (χ3v) is 10.1. The molecule has 1 nitrogen and oxygen atoms in total. The zero-order valence-electron chi connectivity index (χ0n) is 21.7. The zero-order valence-corrected chi connectivity index (χ0v) is 22.7. The molecule has 0 aromatic heterocycles. The fourth-order valence-electron chi connectivity index (χ4n) is 6.32. The number of benzene rings is 5. The molecule has 0 saturated carbocycles. The lowest BCUT2D eigenvalue weighted by molar-refractivity contribution is 1.28. The Morgan fingerprint density at radius 3 is 2.17 bits per heavy atom. The van der Waals surface area contributed by atoms with Gasteiger partial charge < -0.3 is 4.90 Å². The Morgan fingerprint density at radius 2 is 1.39 bits per heavy atom. The van der Waals surface area contributed by atoms with E-state index in [2.05, 4.69) is 129 Å². The summed E-state index contributed by atoms with van der Waals surface area (Å²) in [5.74, 6) is 0. The average molecular weight is 480 g/mol. The second kappa shape index (κ2) is 7.47. The summed E-state index contributed by atoms with van der Waals surface area (Å²) in [5, 5.41) is 4.35. The smallest absolute Gasteiger partial charge is 0.248 e. The molecular formula is C33H30BNSi. The third-order valence-electron chi connectivity index (χ3n) is 8.12. The summed E-state index contributed by atoms with van der Waals surface area (Å²) < 4.78 is 0. The second-order valence-corrected chi connectivity index (χ2v) is 16.7. The lowest BCUT2D eigenvalue weighted by Crippen LogP contribution is -2.59. The summed E-state index contributed by atoms with van der Waals surface area (Å²) >= 11 is 0. The molecule has 0 atom stereocenters. The molecule has 0 spiro atoms. The summed E-state index contributed by atoms with van der Waals surface area (Å²) in [6, 6.07) is 34.9. The van der Waals surface area contributed by atoms with Gasteiger partial charge in [-0.15, -0.1) is 0 Å². The van der Waals surface area contributed by atoms with Crippen molar-refractivity contribution in [1.29, 1.82) is 0 Å². The van der Waals surface area contributed by atoms with Crippen molar-refractivity contribution >= 4 is 64.2 Å². The third kappa shape index (κ3) is 3.02. The van der Waals surface area contributed by atoms with E-state index in [9.17, 15) is 0 Å². The molecule has 2 aliphatic heterocycles. The molecule has 2 aliphatic rings. The predicted molar refractivity (Wildman–Crippen MR) is 161 cm³/mol. The van der Waals surface area contributed by atoms with Gasteiger partial charge in [-0.3, -0.25) is 0 Å². The second-order valence-electron chi connectivity index (χ2n) is 11.6. The molecular weight excluding hydrogens is 449 g/mol. The van der Waals surface area contributed by atoms with Gasteiger partial charge in [-0.25, -0.2) is 0 Å².